The summed E-state index contributed by atoms with van der Waals surface area (Å²) >= 11 is 0. The van der Waals surface area contributed by atoms with Crippen LogP contribution in [0.3, 0.4) is 0 Å². The molecule has 0 atom stereocenters. The number of rotatable bonds is 6. The zero-order valence-electron chi connectivity index (χ0n) is 14.0. The molecular formula is C16H13FN6O4. The summed E-state index contributed by atoms with van der Waals surface area (Å²) in [6, 6.07) is 9.48. The van der Waals surface area contributed by atoms with E-state index in [4.69, 9.17) is 4.74 Å². The van der Waals surface area contributed by atoms with Gasteiger partial charge in [-0.3, -0.25) is 14.9 Å². The number of methoxy groups -OCH3 is 1. The first kappa shape index (κ1) is 17.9. The van der Waals surface area contributed by atoms with Crippen molar-refractivity contribution in [2.75, 3.05) is 12.4 Å². The number of benzene rings is 2. The van der Waals surface area contributed by atoms with E-state index in [1.807, 2.05) is 0 Å². The minimum Gasteiger partial charge on any atom is -0.494 e. The van der Waals surface area contributed by atoms with E-state index in [2.05, 4.69) is 20.7 Å². The predicted octanol–water partition coefficient (Wildman–Crippen LogP) is 2.03. The standard InChI is InChI=1S/C16H13FN6O4/c1-27-14-8-12(23(25)26)5-6-13(14)18-15(24)9-22-20-16(19-21-22)10-3-2-4-11(17)7-10/h2-8H,9H2,1H3,(H,18,24). The van der Waals surface area contributed by atoms with Gasteiger partial charge >= 0.3 is 0 Å². The number of hydrogen-bond donors (Lipinski definition) is 1. The Morgan fingerprint density at radius 3 is 2.85 bits per heavy atom. The van der Waals surface area contributed by atoms with Crippen molar-refractivity contribution in [2.24, 2.45) is 0 Å². The van der Waals surface area contributed by atoms with Crippen LogP contribution < -0.4 is 10.1 Å². The van der Waals surface area contributed by atoms with Gasteiger partial charge in [-0.1, -0.05) is 12.1 Å². The van der Waals surface area contributed by atoms with Crippen LogP contribution in [0.1, 0.15) is 0 Å². The third kappa shape index (κ3) is 4.21. The highest BCUT2D eigenvalue weighted by Crippen LogP contribution is 2.28. The van der Waals surface area contributed by atoms with Crippen LogP contribution in [0.25, 0.3) is 11.4 Å². The Labute approximate surface area is 151 Å². The summed E-state index contributed by atoms with van der Waals surface area (Å²) in [5, 5.41) is 24.9. The number of aromatic nitrogens is 4. The zero-order valence-corrected chi connectivity index (χ0v) is 14.0. The summed E-state index contributed by atoms with van der Waals surface area (Å²) in [4.78, 5) is 23.5. The van der Waals surface area contributed by atoms with Gasteiger partial charge in [0.15, 0.2) is 0 Å². The number of halogens is 1. The molecular weight excluding hydrogens is 359 g/mol. The summed E-state index contributed by atoms with van der Waals surface area (Å²) in [6.45, 7) is -0.261. The Kier molecular flexibility index (Phi) is 5.01. The van der Waals surface area contributed by atoms with Crippen molar-refractivity contribution in [3.05, 3.63) is 58.4 Å². The van der Waals surface area contributed by atoms with E-state index in [9.17, 15) is 19.3 Å². The largest absolute Gasteiger partial charge is 0.494 e. The first-order valence-electron chi connectivity index (χ1n) is 7.62. The quantitative estimate of drug-likeness (QED) is 0.518. The normalized spacial score (nSPS) is 10.4. The summed E-state index contributed by atoms with van der Waals surface area (Å²) in [6.07, 6.45) is 0. The molecule has 3 rings (SSSR count). The van der Waals surface area contributed by atoms with Crippen LogP contribution in [0.2, 0.25) is 0 Å². The molecule has 0 aliphatic heterocycles. The van der Waals surface area contributed by atoms with Gasteiger partial charge in [-0.25, -0.2) is 4.39 Å². The number of nitrogens with one attached hydrogen (secondary N) is 1. The van der Waals surface area contributed by atoms with Crippen molar-refractivity contribution >= 4 is 17.3 Å². The molecule has 0 aliphatic carbocycles. The number of carbonyl (C=O) groups excluding carboxylic acids is 1. The van der Waals surface area contributed by atoms with Gasteiger partial charge in [0.1, 0.15) is 18.1 Å². The molecule has 0 fully saturated rings. The van der Waals surface area contributed by atoms with Gasteiger partial charge in [0.2, 0.25) is 11.7 Å². The molecule has 0 unspecified atom stereocenters. The highest BCUT2D eigenvalue weighted by Gasteiger charge is 2.15. The lowest BCUT2D eigenvalue weighted by Gasteiger charge is -2.09. The smallest absolute Gasteiger partial charge is 0.273 e. The molecule has 0 bridgehead atoms. The molecule has 1 heterocycles. The summed E-state index contributed by atoms with van der Waals surface area (Å²) in [7, 11) is 1.33. The number of nitro benzene ring substituents is 1. The fourth-order valence-electron chi connectivity index (χ4n) is 2.27. The average molecular weight is 372 g/mol. The van der Waals surface area contributed by atoms with Crippen molar-refractivity contribution in [3.63, 3.8) is 0 Å². The average Bonchev–Trinajstić information content (AvgIpc) is 3.10. The predicted molar refractivity (Wildman–Crippen MR) is 91.5 cm³/mol. The van der Waals surface area contributed by atoms with Gasteiger partial charge in [-0.2, -0.15) is 4.80 Å². The molecule has 2 aromatic carbocycles. The fraction of sp³-hybridized carbons (Fsp3) is 0.125. The molecule has 138 valence electrons. The highest BCUT2D eigenvalue weighted by molar-refractivity contribution is 5.92. The molecule has 0 saturated carbocycles. The Bertz CT molecular complexity index is 1010. The number of nitro groups is 1. The number of tetrazole rings is 1. The van der Waals surface area contributed by atoms with Gasteiger partial charge in [-0.15, -0.1) is 10.2 Å². The lowest BCUT2D eigenvalue weighted by molar-refractivity contribution is -0.384. The molecule has 0 radical (unpaired) electrons. The maximum atomic E-state index is 13.3. The second-order valence-electron chi connectivity index (χ2n) is 5.34. The van der Waals surface area contributed by atoms with E-state index in [-0.39, 0.29) is 29.5 Å². The fourth-order valence-corrected chi connectivity index (χ4v) is 2.27. The molecule has 10 nitrogen and oxygen atoms in total. The van der Waals surface area contributed by atoms with Crippen LogP contribution in [0.15, 0.2) is 42.5 Å². The van der Waals surface area contributed by atoms with Gasteiger partial charge in [0, 0.05) is 11.6 Å². The number of non-ortho nitro benzene ring substituents is 1. The van der Waals surface area contributed by atoms with Crippen LogP contribution in [-0.4, -0.2) is 38.1 Å². The zero-order chi connectivity index (χ0) is 19.4. The molecule has 27 heavy (non-hydrogen) atoms. The Morgan fingerprint density at radius 1 is 1.33 bits per heavy atom. The topological polar surface area (TPSA) is 125 Å². The van der Waals surface area contributed by atoms with Gasteiger partial charge in [0.25, 0.3) is 5.69 Å². The summed E-state index contributed by atoms with van der Waals surface area (Å²) in [5.41, 5.74) is 0.528. The Hall–Kier alpha value is -3.89. The van der Waals surface area contributed by atoms with Crippen LogP contribution in [0.5, 0.6) is 5.75 Å². The molecule has 3 aromatic rings. The van der Waals surface area contributed by atoms with Gasteiger partial charge in [0.05, 0.1) is 23.8 Å². The lowest BCUT2D eigenvalue weighted by Crippen LogP contribution is -2.20. The van der Waals surface area contributed by atoms with Crippen molar-refractivity contribution in [1.82, 2.24) is 20.2 Å². The third-order valence-electron chi connectivity index (χ3n) is 3.49. The van der Waals surface area contributed by atoms with Gasteiger partial charge in [-0.05, 0) is 23.4 Å². The third-order valence-corrected chi connectivity index (χ3v) is 3.49. The van der Waals surface area contributed by atoms with E-state index in [1.54, 1.807) is 6.07 Å². The molecule has 1 amide bonds. The minimum absolute atomic E-state index is 0.143. The van der Waals surface area contributed by atoms with Crippen molar-refractivity contribution in [3.8, 4) is 17.1 Å². The summed E-state index contributed by atoms with van der Waals surface area (Å²) < 4.78 is 18.3. The summed E-state index contributed by atoms with van der Waals surface area (Å²) in [5.74, 6) is -0.614. The van der Waals surface area contributed by atoms with Crippen molar-refractivity contribution in [1.29, 1.82) is 0 Å². The van der Waals surface area contributed by atoms with E-state index >= 15 is 0 Å². The SMILES string of the molecule is COc1cc([N+](=O)[O-])ccc1NC(=O)Cn1nnc(-c2cccc(F)c2)n1. The van der Waals surface area contributed by atoms with E-state index in [0.717, 1.165) is 4.80 Å². The Balaban J connectivity index is 1.71. The molecule has 0 saturated heterocycles. The molecule has 1 aromatic heterocycles. The highest BCUT2D eigenvalue weighted by atomic mass is 19.1. The maximum Gasteiger partial charge on any atom is 0.273 e. The molecule has 0 aliphatic rings. The van der Waals surface area contributed by atoms with Crippen LogP contribution in [0.4, 0.5) is 15.8 Å². The number of anilines is 1. The maximum absolute atomic E-state index is 13.3. The Morgan fingerprint density at radius 2 is 2.15 bits per heavy atom. The molecule has 0 spiro atoms. The number of ether oxygens (including phenoxy) is 1. The van der Waals surface area contributed by atoms with E-state index in [1.165, 1.54) is 43.5 Å². The van der Waals surface area contributed by atoms with Gasteiger partial charge < -0.3 is 10.1 Å². The monoisotopic (exact) mass is 372 g/mol. The molecule has 1 N–H and O–H groups in total. The van der Waals surface area contributed by atoms with Crippen molar-refractivity contribution < 1.29 is 18.8 Å². The first-order chi connectivity index (χ1) is 13.0. The van der Waals surface area contributed by atoms with Crippen molar-refractivity contribution in [2.45, 2.75) is 6.54 Å². The van der Waals surface area contributed by atoms with Crippen LogP contribution in [-0.2, 0) is 11.3 Å². The van der Waals surface area contributed by atoms with E-state index < -0.39 is 16.6 Å². The van der Waals surface area contributed by atoms with E-state index in [0.29, 0.717) is 5.56 Å². The second-order valence-corrected chi connectivity index (χ2v) is 5.34. The first-order valence-corrected chi connectivity index (χ1v) is 7.62. The van der Waals surface area contributed by atoms with Crippen LogP contribution >= 0.6 is 0 Å². The number of hydrogen-bond acceptors (Lipinski definition) is 7. The molecule has 11 heteroatoms. The number of nitrogens with zero attached hydrogens (tertiary/aromatic N) is 5. The number of carbonyl (C=O) groups is 1. The minimum atomic E-state index is -0.568. The lowest BCUT2D eigenvalue weighted by atomic mass is 10.2. The van der Waals surface area contributed by atoms with Crippen LogP contribution in [0, 0.1) is 15.9 Å². The number of amides is 1. The second kappa shape index (κ2) is 7.56.